The van der Waals surface area contributed by atoms with Crippen molar-refractivity contribution >= 4 is 11.6 Å². The van der Waals surface area contributed by atoms with Crippen LogP contribution in [0.4, 0.5) is 0 Å². The van der Waals surface area contributed by atoms with Gasteiger partial charge in [-0.2, -0.15) is 0 Å². The van der Waals surface area contributed by atoms with Crippen LogP contribution < -0.4 is 4.74 Å². The van der Waals surface area contributed by atoms with Gasteiger partial charge in [0.2, 0.25) is 0 Å². The fourth-order valence-corrected chi connectivity index (χ4v) is 2.77. The van der Waals surface area contributed by atoms with E-state index in [4.69, 9.17) is 16.3 Å². The molecule has 0 aromatic heterocycles. The summed E-state index contributed by atoms with van der Waals surface area (Å²) in [4.78, 5) is 0. The molecule has 0 amide bonds. The highest BCUT2D eigenvalue weighted by Crippen LogP contribution is 2.39. The molecule has 1 fully saturated rings. The van der Waals surface area contributed by atoms with Crippen LogP contribution in [0.1, 0.15) is 42.2 Å². The van der Waals surface area contributed by atoms with E-state index in [0.29, 0.717) is 0 Å². The van der Waals surface area contributed by atoms with Crippen molar-refractivity contribution in [2.24, 2.45) is 5.92 Å². The van der Waals surface area contributed by atoms with Crippen molar-refractivity contribution < 1.29 is 4.74 Å². The van der Waals surface area contributed by atoms with Gasteiger partial charge < -0.3 is 4.74 Å². The Morgan fingerprint density at radius 3 is 2.69 bits per heavy atom. The van der Waals surface area contributed by atoms with Gasteiger partial charge in [-0.3, -0.25) is 0 Å². The Bertz CT molecular complexity index is 358. The largest absolute Gasteiger partial charge is 0.497 e. The predicted molar refractivity (Wildman–Crippen MR) is 68.3 cm³/mol. The Kier molecular flexibility index (Phi) is 3.75. The second-order valence-electron chi connectivity index (χ2n) is 4.72. The summed E-state index contributed by atoms with van der Waals surface area (Å²) < 4.78 is 5.20. The molecule has 1 aliphatic rings. The van der Waals surface area contributed by atoms with E-state index in [-0.39, 0.29) is 5.38 Å². The molecule has 1 aromatic carbocycles. The minimum Gasteiger partial charge on any atom is -0.497 e. The zero-order valence-corrected chi connectivity index (χ0v) is 10.8. The maximum absolute atomic E-state index is 6.47. The molecule has 2 rings (SSSR count). The van der Waals surface area contributed by atoms with Crippen LogP contribution in [-0.4, -0.2) is 7.11 Å². The van der Waals surface area contributed by atoms with Gasteiger partial charge in [0.25, 0.3) is 0 Å². The summed E-state index contributed by atoms with van der Waals surface area (Å²) in [6.45, 7) is 2.11. The van der Waals surface area contributed by atoms with Crippen LogP contribution in [0, 0.1) is 12.8 Å². The number of aryl methyl sites for hydroxylation is 1. The van der Waals surface area contributed by atoms with Crippen molar-refractivity contribution in [1.29, 1.82) is 0 Å². The highest BCUT2D eigenvalue weighted by molar-refractivity contribution is 6.20. The molecule has 0 aliphatic heterocycles. The Morgan fingerprint density at radius 2 is 2.19 bits per heavy atom. The van der Waals surface area contributed by atoms with Gasteiger partial charge in [0.1, 0.15) is 5.75 Å². The summed E-state index contributed by atoms with van der Waals surface area (Å²) in [6.07, 6.45) is 5.22. The van der Waals surface area contributed by atoms with Crippen LogP contribution in [0.5, 0.6) is 5.75 Å². The van der Waals surface area contributed by atoms with Crippen molar-refractivity contribution in [3.05, 3.63) is 29.3 Å². The number of rotatable bonds is 4. The molecule has 1 aromatic rings. The quantitative estimate of drug-likeness (QED) is 0.703. The Balaban J connectivity index is 2.06. The smallest absolute Gasteiger partial charge is 0.119 e. The molecule has 0 bridgehead atoms. The first-order valence-electron chi connectivity index (χ1n) is 5.99. The summed E-state index contributed by atoms with van der Waals surface area (Å²) in [7, 11) is 1.70. The third-order valence-electron chi connectivity index (χ3n) is 3.58. The van der Waals surface area contributed by atoms with Gasteiger partial charge in [0.05, 0.1) is 12.5 Å². The molecule has 0 saturated heterocycles. The van der Waals surface area contributed by atoms with E-state index in [1.54, 1.807) is 7.11 Å². The second-order valence-corrected chi connectivity index (χ2v) is 5.25. The fraction of sp³-hybridized carbons (Fsp3) is 0.571. The van der Waals surface area contributed by atoms with Gasteiger partial charge in [-0.15, -0.1) is 11.6 Å². The van der Waals surface area contributed by atoms with Crippen molar-refractivity contribution in [1.82, 2.24) is 0 Å². The molecule has 0 radical (unpaired) electrons. The monoisotopic (exact) mass is 238 g/mol. The first-order chi connectivity index (χ1) is 7.70. The van der Waals surface area contributed by atoms with Crippen LogP contribution in [0.2, 0.25) is 0 Å². The normalized spacial score (nSPS) is 17.9. The first-order valence-corrected chi connectivity index (χ1v) is 6.43. The van der Waals surface area contributed by atoms with Gasteiger partial charge >= 0.3 is 0 Å². The van der Waals surface area contributed by atoms with E-state index in [1.165, 1.54) is 30.4 Å². The molecule has 2 heteroatoms. The topological polar surface area (TPSA) is 9.23 Å². The first kappa shape index (κ1) is 11.8. The molecule has 1 nitrogen and oxygen atoms in total. The standard InChI is InChI=1S/C14H19ClO/c1-10-8-12(16-2)6-7-13(10)14(15)9-11-4-3-5-11/h6-8,11,14H,3-5,9H2,1-2H3. The van der Waals surface area contributed by atoms with E-state index in [2.05, 4.69) is 19.1 Å². The highest BCUT2D eigenvalue weighted by Gasteiger charge is 2.22. The van der Waals surface area contributed by atoms with Gasteiger partial charge in [-0.25, -0.2) is 0 Å². The van der Waals surface area contributed by atoms with Crippen LogP contribution >= 0.6 is 11.6 Å². The highest BCUT2D eigenvalue weighted by atomic mass is 35.5. The lowest BCUT2D eigenvalue weighted by Crippen LogP contribution is -2.13. The van der Waals surface area contributed by atoms with Gasteiger partial charge in [-0.05, 0) is 42.5 Å². The Hall–Kier alpha value is -0.690. The maximum Gasteiger partial charge on any atom is 0.119 e. The zero-order valence-electron chi connectivity index (χ0n) is 10.0. The Morgan fingerprint density at radius 1 is 1.44 bits per heavy atom. The number of benzene rings is 1. The zero-order chi connectivity index (χ0) is 11.5. The molecule has 0 spiro atoms. The molecule has 1 saturated carbocycles. The van der Waals surface area contributed by atoms with Crippen molar-refractivity contribution in [2.45, 2.75) is 38.0 Å². The minimum absolute atomic E-state index is 0.163. The number of methoxy groups -OCH3 is 1. The van der Waals surface area contributed by atoms with Gasteiger partial charge in [-0.1, -0.05) is 25.3 Å². The number of hydrogen-bond acceptors (Lipinski definition) is 1. The fourth-order valence-electron chi connectivity index (χ4n) is 2.27. The molecule has 0 heterocycles. The number of alkyl halides is 1. The molecule has 1 atom stereocenters. The lowest BCUT2D eigenvalue weighted by atomic mass is 9.81. The third kappa shape index (κ3) is 2.52. The lowest BCUT2D eigenvalue weighted by molar-refractivity contribution is 0.293. The SMILES string of the molecule is COc1ccc(C(Cl)CC2CCC2)c(C)c1. The molecule has 1 aliphatic carbocycles. The van der Waals surface area contributed by atoms with Crippen molar-refractivity contribution in [3.8, 4) is 5.75 Å². The number of ether oxygens (including phenoxy) is 1. The Labute approximate surface area is 103 Å². The average Bonchev–Trinajstić information content (AvgIpc) is 2.23. The summed E-state index contributed by atoms with van der Waals surface area (Å²) in [6, 6.07) is 6.16. The lowest BCUT2D eigenvalue weighted by Gasteiger charge is -2.28. The van der Waals surface area contributed by atoms with Crippen LogP contribution in [0.3, 0.4) is 0 Å². The van der Waals surface area contributed by atoms with Crippen LogP contribution in [0.25, 0.3) is 0 Å². The van der Waals surface area contributed by atoms with Gasteiger partial charge in [0, 0.05) is 0 Å². The van der Waals surface area contributed by atoms with E-state index in [1.807, 2.05) is 6.07 Å². The summed E-state index contributed by atoms with van der Waals surface area (Å²) >= 11 is 6.47. The van der Waals surface area contributed by atoms with Crippen molar-refractivity contribution in [3.63, 3.8) is 0 Å². The average molecular weight is 239 g/mol. The summed E-state index contributed by atoms with van der Waals surface area (Å²) in [5.74, 6) is 1.76. The number of hydrogen-bond donors (Lipinski definition) is 0. The van der Waals surface area contributed by atoms with E-state index in [0.717, 1.165) is 18.1 Å². The third-order valence-corrected chi connectivity index (χ3v) is 3.99. The van der Waals surface area contributed by atoms with Gasteiger partial charge in [0.15, 0.2) is 0 Å². The summed E-state index contributed by atoms with van der Waals surface area (Å²) in [5.41, 5.74) is 2.49. The number of halogens is 1. The van der Waals surface area contributed by atoms with E-state index in [9.17, 15) is 0 Å². The summed E-state index contributed by atoms with van der Waals surface area (Å²) in [5, 5.41) is 0.163. The van der Waals surface area contributed by atoms with Crippen molar-refractivity contribution in [2.75, 3.05) is 7.11 Å². The molecular weight excluding hydrogens is 220 g/mol. The molecule has 0 N–H and O–H groups in total. The van der Waals surface area contributed by atoms with Crippen LogP contribution in [0.15, 0.2) is 18.2 Å². The van der Waals surface area contributed by atoms with E-state index >= 15 is 0 Å². The predicted octanol–water partition coefficient (Wildman–Crippen LogP) is 4.47. The molecular formula is C14H19ClO. The maximum atomic E-state index is 6.47. The molecule has 1 unspecified atom stereocenters. The van der Waals surface area contributed by atoms with Crippen LogP contribution in [-0.2, 0) is 0 Å². The molecule has 16 heavy (non-hydrogen) atoms. The minimum atomic E-state index is 0.163. The second kappa shape index (κ2) is 5.09. The van der Waals surface area contributed by atoms with E-state index < -0.39 is 0 Å². The molecule has 88 valence electrons.